The van der Waals surface area contributed by atoms with Crippen LogP contribution in [0.25, 0.3) is 22.2 Å². The highest BCUT2D eigenvalue weighted by molar-refractivity contribution is 6.11. The number of carbonyl (C=O) groups is 1. The van der Waals surface area contributed by atoms with E-state index in [0.29, 0.717) is 12.6 Å². The Morgan fingerprint density at radius 2 is 2.12 bits per heavy atom. The van der Waals surface area contributed by atoms with Crippen molar-refractivity contribution < 1.29 is 9.53 Å². The summed E-state index contributed by atoms with van der Waals surface area (Å²) in [6.45, 7) is 1.64. The van der Waals surface area contributed by atoms with Gasteiger partial charge in [-0.05, 0) is 37.6 Å². The summed E-state index contributed by atoms with van der Waals surface area (Å²) in [5.74, 6) is 0.0377. The van der Waals surface area contributed by atoms with Gasteiger partial charge in [-0.25, -0.2) is 0 Å². The third-order valence-electron chi connectivity index (χ3n) is 5.20. The number of ether oxygens (including phenoxy) is 1. The summed E-state index contributed by atoms with van der Waals surface area (Å²) < 4.78 is 5.61. The van der Waals surface area contributed by atoms with Gasteiger partial charge in [-0.1, -0.05) is 12.1 Å². The van der Waals surface area contributed by atoms with Gasteiger partial charge in [-0.2, -0.15) is 0 Å². The van der Waals surface area contributed by atoms with Crippen molar-refractivity contribution in [1.82, 2.24) is 15.3 Å². The number of aromatic nitrogens is 2. The van der Waals surface area contributed by atoms with Crippen LogP contribution in [0, 0.1) is 0 Å². The van der Waals surface area contributed by atoms with E-state index < -0.39 is 0 Å². The summed E-state index contributed by atoms with van der Waals surface area (Å²) in [6, 6.07) is 10.4. The molecule has 0 spiro atoms. The molecule has 0 aliphatic carbocycles. The minimum atomic E-state index is 0.0377. The number of benzene rings is 1. The monoisotopic (exact) mass is 333 g/mol. The first-order chi connectivity index (χ1) is 12.3. The van der Waals surface area contributed by atoms with Crippen molar-refractivity contribution in [3.05, 3.63) is 53.3 Å². The molecule has 3 aromatic rings. The molecule has 0 bridgehead atoms. The molecule has 2 N–H and O–H groups in total. The Hall–Kier alpha value is -2.50. The second kappa shape index (κ2) is 5.79. The highest BCUT2D eigenvalue weighted by atomic mass is 16.5. The summed E-state index contributed by atoms with van der Waals surface area (Å²) in [4.78, 5) is 20.4. The summed E-state index contributed by atoms with van der Waals surface area (Å²) in [5.41, 5.74) is 5.88. The molecule has 2 aliphatic rings. The first-order valence-corrected chi connectivity index (χ1v) is 8.75. The molecule has 0 saturated carbocycles. The summed E-state index contributed by atoms with van der Waals surface area (Å²) in [7, 11) is 0. The van der Waals surface area contributed by atoms with Crippen LogP contribution in [0.15, 0.2) is 36.5 Å². The second-order valence-electron chi connectivity index (χ2n) is 6.74. The highest BCUT2D eigenvalue weighted by Crippen LogP contribution is 2.35. The lowest BCUT2D eigenvalue weighted by Crippen LogP contribution is -2.13. The summed E-state index contributed by atoms with van der Waals surface area (Å²) in [6.07, 6.45) is 4.26. The summed E-state index contributed by atoms with van der Waals surface area (Å²) >= 11 is 0. The van der Waals surface area contributed by atoms with Crippen LogP contribution >= 0.6 is 0 Å². The predicted octanol–water partition coefficient (Wildman–Crippen LogP) is 3.37. The number of ketones is 1. The first kappa shape index (κ1) is 14.8. The minimum absolute atomic E-state index is 0.0377. The van der Waals surface area contributed by atoms with Crippen molar-refractivity contribution in [2.75, 3.05) is 13.2 Å². The fraction of sp³-hybridized carbons (Fsp3) is 0.300. The fourth-order valence-electron chi connectivity index (χ4n) is 3.96. The van der Waals surface area contributed by atoms with Crippen molar-refractivity contribution in [2.45, 2.75) is 25.5 Å². The molecule has 25 heavy (non-hydrogen) atoms. The molecule has 5 heteroatoms. The summed E-state index contributed by atoms with van der Waals surface area (Å²) in [5, 5.41) is 4.47. The SMILES string of the molecule is O=C1COCc2c(-c3ccc(C4CCCN4)nc3)[nH]c3cccc1c23. The number of hydrogen-bond acceptors (Lipinski definition) is 4. The third-order valence-corrected chi connectivity index (χ3v) is 5.20. The van der Waals surface area contributed by atoms with Crippen LogP contribution in [0.1, 0.15) is 40.5 Å². The van der Waals surface area contributed by atoms with Crippen molar-refractivity contribution >= 4 is 16.7 Å². The van der Waals surface area contributed by atoms with E-state index in [1.807, 2.05) is 24.4 Å². The van der Waals surface area contributed by atoms with Crippen LogP contribution in [-0.4, -0.2) is 28.9 Å². The Morgan fingerprint density at radius 3 is 2.92 bits per heavy atom. The molecule has 4 heterocycles. The topological polar surface area (TPSA) is 67.0 Å². The molecule has 1 atom stereocenters. The van der Waals surface area contributed by atoms with E-state index in [1.165, 1.54) is 6.42 Å². The number of hydrogen-bond donors (Lipinski definition) is 2. The molecule has 0 amide bonds. The van der Waals surface area contributed by atoms with Gasteiger partial charge >= 0.3 is 0 Å². The maximum Gasteiger partial charge on any atom is 0.189 e. The van der Waals surface area contributed by atoms with Crippen molar-refractivity contribution in [1.29, 1.82) is 0 Å². The Balaban J connectivity index is 1.62. The fourth-order valence-corrected chi connectivity index (χ4v) is 3.96. The highest BCUT2D eigenvalue weighted by Gasteiger charge is 2.23. The molecule has 1 fully saturated rings. The zero-order valence-electron chi connectivity index (χ0n) is 13.8. The third kappa shape index (κ3) is 2.39. The molecule has 2 aromatic heterocycles. The lowest BCUT2D eigenvalue weighted by molar-refractivity contribution is 0.0742. The normalized spacial score (nSPS) is 20.2. The van der Waals surface area contributed by atoms with Crippen LogP contribution < -0.4 is 5.32 Å². The standard InChI is InChI=1S/C20H19N3O2/c24-18-11-25-10-14-19-13(18)3-1-4-17(19)23-20(14)12-6-7-16(22-9-12)15-5-2-8-21-15/h1,3-4,6-7,9,15,21,23H,2,5,8,10-11H2. The molecular weight excluding hydrogens is 314 g/mol. The number of carbonyl (C=O) groups excluding carboxylic acids is 1. The number of rotatable bonds is 2. The molecule has 1 saturated heterocycles. The van der Waals surface area contributed by atoms with Crippen LogP contribution in [0.4, 0.5) is 0 Å². The number of nitrogens with zero attached hydrogens (tertiary/aromatic N) is 1. The molecular formula is C20H19N3O2. The molecule has 1 aromatic carbocycles. The number of aromatic amines is 1. The zero-order valence-corrected chi connectivity index (χ0v) is 13.8. The van der Waals surface area contributed by atoms with Gasteiger partial charge in [-0.3, -0.25) is 9.78 Å². The Bertz CT molecular complexity index is 953. The van der Waals surface area contributed by atoms with Gasteiger partial charge in [0, 0.05) is 39.8 Å². The molecule has 0 radical (unpaired) electrons. The van der Waals surface area contributed by atoms with Gasteiger partial charge in [0.05, 0.1) is 18.0 Å². The predicted molar refractivity (Wildman–Crippen MR) is 95.5 cm³/mol. The Morgan fingerprint density at radius 1 is 1.16 bits per heavy atom. The van der Waals surface area contributed by atoms with Crippen LogP contribution in [0.5, 0.6) is 0 Å². The lowest BCUT2D eigenvalue weighted by atomic mass is 10.0. The van der Waals surface area contributed by atoms with Gasteiger partial charge in [0.2, 0.25) is 0 Å². The average Bonchev–Trinajstić information content (AvgIpc) is 3.26. The van der Waals surface area contributed by atoms with Gasteiger partial charge in [0.15, 0.2) is 5.78 Å². The molecule has 126 valence electrons. The van der Waals surface area contributed by atoms with E-state index in [-0.39, 0.29) is 12.4 Å². The maximum atomic E-state index is 12.3. The van der Waals surface area contributed by atoms with Crippen LogP contribution in [-0.2, 0) is 11.3 Å². The van der Waals surface area contributed by atoms with Crippen LogP contribution in [0.3, 0.4) is 0 Å². The average molecular weight is 333 g/mol. The van der Waals surface area contributed by atoms with Gasteiger partial charge in [-0.15, -0.1) is 0 Å². The van der Waals surface area contributed by atoms with E-state index in [2.05, 4.69) is 27.4 Å². The van der Waals surface area contributed by atoms with Crippen molar-refractivity contribution in [2.24, 2.45) is 0 Å². The van der Waals surface area contributed by atoms with E-state index >= 15 is 0 Å². The Kier molecular flexibility index (Phi) is 3.43. The van der Waals surface area contributed by atoms with Gasteiger partial charge in [0.25, 0.3) is 0 Å². The minimum Gasteiger partial charge on any atom is -0.369 e. The smallest absolute Gasteiger partial charge is 0.189 e. The first-order valence-electron chi connectivity index (χ1n) is 8.75. The van der Waals surface area contributed by atoms with Crippen molar-refractivity contribution in [3.63, 3.8) is 0 Å². The number of Topliss-reactive ketones (excluding diaryl/α,β-unsaturated/α-hetero) is 1. The number of pyridine rings is 1. The molecule has 5 rings (SSSR count). The van der Waals surface area contributed by atoms with Gasteiger partial charge in [0.1, 0.15) is 6.61 Å². The molecule has 5 nitrogen and oxygen atoms in total. The number of H-pyrrole nitrogens is 1. The van der Waals surface area contributed by atoms with E-state index in [0.717, 1.165) is 51.9 Å². The molecule has 1 unspecified atom stereocenters. The second-order valence-corrected chi connectivity index (χ2v) is 6.74. The van der Waals surface area contributed by atoms with E-state index in [1.54, 1.807) is 0 Å². The van der Waals surface area contributed by atoms with Gasteiger partial charge < -0.3 is 15.0 Å². The van der Waals surface area contributed by atoms with E-state index in [4.69, 9.17) is 4.74 Å². The largest absolute Gasteiger partial charge is 0.369 e. The number of nitrogens with one attached hydrogen (secondary N) is 2. The molecule has 2 aliphatic heterocycles. The van der Waals surface area contributed by atoms with E-state index in [9.17, 15) is 4.79 Å². The van der Waals surface area contributed by atoms with Crippen LogP contribution in [0.2, 0.25) is 0 Å². The quantitative estimate of drug-likeness (QED) is 0.754. The zero-order chi connectivity index (χ0) is 16.8. The lowest BCUT2D eigenvalue weighted by Gasteiger charge is -2.10. The van der Waals surface area contributed by atoms with Crippen molar-refractivity contribution in [3.8, 4) is 11.3 Å². The Labute approximate surface area is 145 Å². The maximum absolute atomic E-state index is 12.3.